The highest BCUT2D eigenvalue weighted by molar-refractivity contribution is 7.99. The second kappa shape index (κ2) is 5.19. The standard InChI is InChI=1S/C11H13N5OS/c1-6-2-7(4-12)5-14-10(6)18-11-15-8(13)3-9(17)16-11/h2-3,5H,4,12H2,1H3,(H3,13,15,16,17). The summed E-state index contributed by atoms with van der Waals surface area (Å²) in [6, 6.07) is 3.20. The molecule has 2 heterocycles. The second-order valence-corrected chi connectivity index (χ2v) is 4.72. The Hall–Kier alpha value is -1.86. The molecule has 0 spiro atoms. The first-order chi connectivity index (χ1) is 8.58. The van der Waals surface area contributed by atoms with Gasteiger partial charge in [-0.2, -0.15) is 0 Å². The van der Waals surface area contributed by atoms with Gasteiger partial charge in [0.2, 0.25) is 0 Å². The minimum atomic E-state index is -0.277. The molecule has 0 unspecified atom stereocenters. The van der Waals surface area contributed by atoms with Gasteiger partial charge in [0.1, 0.15) is 10.8 Å². The van der Waals surface area contributed by atoms with Crippen LogP contribution < -0.4 is 17.0 Å². The van der Waals surface area contributed by atoms with Crippen molar-refractivity contribution in [2.75, 3.05) is 5.73 Å². The van der Waals surface area contributed by atoms with Gasteiger partial charge in [-0.15, -0.1) is 0 Å². The number of hydrogen-bond acceptors (Lipinski definition) is 6. The Balaban J connectivity index is 2.31. The molecule has 0 radical (unpaired) electrons. The lowest BCUT2D eigenvalue weighted by atomic mass is 10.2. The van der Waals surface area contributed by atoms with Gasteiger partial charge in [-0.05, 0) is 29.8 Å². The van der Waals surface area contributed by atoms with Crippen molar-refractivity contribution >= 4 is 17.6 Å². The summed E-state index contributed by atoms with van der Waals surface area (Å²) in [6.07, 6.45) is 1.71. The number of nitrogens with zero attached hydrogens (tertiary/aromatic N) is 2. The van der Waals surface area contributed by atoms with Crippen molar-refractivity contribution < 1.29 is 0 Å². The first kappa shape index (κ1) is 12.6. The largest absolute Gasteiger partial charge is 0.383 e. The Morgan fingerprint density at radius 1 is 1.44 bits per heavy atom. The van der Waals surface area contributed by atoms with Crippen LogP contribution in [0, 0.1) is 6.92 Å². The molecule has 2 aromatic rings. The summed E-state index contributed by atoms with van der Waals surface area (Å²) in [5, 5.41) is 1.19. The first-order valence-corrected chi connectivity index (χ1v) is 6.10. The number of aromatic amines is 1. The minimum Gasteiger partial charge on any atom is -0.383 e. The molecule has 18 heavy (non-hydrogen) atoms. The highest BCUT2D eigenvalue weighted by atomic mass is 32.2. The molecule has 0 atom stereocenters. The molecule has 0 aliphatic carbocycles. The van der Waals surface area contributed by atoms with Gasteiger partial charge in [-0.1, -0.05) is 6.07 Å². The van der Waals surface area contributed by atoms with Crippen LogP contribution in [0.5, 0.6) is 0 Å². The van der Waals surface area contributed by atoms with E-state index in [0.717, 1.165) is 16.2 Å². The molecule has 6 nitrogen and oxygen atoms in total. The van der Waals surface area contributed by atoms with Crippen molar-refractivity contribution in [1.29, 1.82) is 0 Å². The van der Waals surface area contributed by atoms with Crippen LogP contribution in [0.15, 0.2) is 33.3 Å². The van der Waals surface area contributed by atoms with E-state index < -0.39 is 0 Å². The van der Waals surface area contributed by atoms with Crippen LogP contribution in [0.25, 0.3) is 0 Å². The SMILES string of the molecule is Cc1cc(CN)cnc1Sc1nc(N)cc(=O)[nH]1. The molecule has 0 aliphatic heterocycles. The van der Waals surface area contributed by atoms with Crippen LogP contribution in [0.3, 0.4) is 0 Å². The van der Waals surface area contributed by atoms with Crippen LogP contribution in [0.1, 0.15) is 11.1 Å². The van der Waals surface area contributed by atoms with Gasteiger partial charge in [-0.25, -0.2) is 9.97 Å². The van der Waals surface area contributed by atoms with Crippen molar-refractivity contribution in [3.63, 3.8) is 0 Å². The first-order valence-electron chi connectivity index (χ1n) is 5.29. The van der Waals surface area contributed by atoms with E-state index in [0.29, 0.717) is 11.7 Å². The summed E-state index contributed by atoms with van der Waals surface area (Å²) in [6.45, 7) is 2.38. The van der Waals surface area contributed by atoms with Gasteiger partial charge in [0, 0.05) is 18.8 Å². The zero-order valence-corrected chi connectivity index (χ0v) is 10.6. The number of aromatic nitrogens is 3. The summed E-state index contributed by atoms with van der Waals surface area (Å²) in [5.74, 6) is 0.192. The van der Waals surface area contributed by atoms with Gasteiger partial charge in [0.25, 0.3) is 5.56 Å². The molecular formula is C11H13N5OS. The average Bonchev–Trinajstić information content (AvgIpc) is 2.30. The fourth-order valence-electron chi connectivity index (χ4n) is 1.43. The fraction of sp³-hybridized carbons (Fsp3) is 0.182. The zero-order chi connectivity index (χ0) is 13.1. The summed E-state index contributed by atoms with van der Waals surface area (Å²) in [5.41, 5.74) is 12.7. The molecule has 2 rings (SSSR count). The molecule has 2 aromatic heterocycles. The predicted octanol–water partition coefficient (Wildman–Crippen LogP) is 0.665. The molecule has 0 saturated carbocycles. The topological polar surface area (TPSA) is 111 Å². The van der Waals surface area contributed by atoms with Gasteiger partial charge >= 0.3 is 0 Å². The Bertz CT molecular complexity index is 625. The van der Waals surface area contributed by atoms with E-state index >= 15 is 0 Å². The third kappa shape index (κ3) is 2.88. The molecular weight excluding hydrogens is 250 g/mol. The number of nitrogens with two attached hydrogens (primary N) is 2. The number of anilines is 1. The Morgan fingerprint density at radius 3 is 2.83 bits per heavy atom. The fourth-order valence-corrected chi connectivity index (χ4v) is 2.24. The maximum Gasteiger partial charge on any atom is 0.253 e. The van der Waals surface area contributed by atoms with Gasteiger partial charge in [0.05, 0.1) is 0 Å². The third-order valence-electron chi connectivity index (χ3n) is 2.26. The maximum absolute atomic E-state index is 11.3. The van der Waals surface area contributed by atoms with E-state index in [-0.39, 0.29) is 11.4 Å². The lowest BCUT2D eigenvalue weighted by Gasteiger charge is -2.05. The highest BCUT2D eigenvalue weighted by Gasteiger charge is 2.06. The number of nitrogen functional groups attached to an aromatic ring is 1. The van der Waals surface area contributed by atoms with Crippen molar-refractivity contribution in [2.24, 2.45) is 5.73 Å². The van der Waals surface area contributed by atoms with E-state index in [1.165, 1.54) is 17.8 Å². The zero-order valence-electron chi connectivity index (χ0n) is 9.80. The quantitative estimate of drug-likeness (QED) is 0.702. The highest BCUT2D eigenvalue weighted by Crippen LogP contribution is 2.25. The number of aryl methyl sites for hydroxylation is 1. The van der Waals surface area contributed by atoms with Crippen molar-refractivity contribution in [2.45, 2.75) is 23.7 Å². The molecule has 5 N–H and O–H groups in total. The van der Waals surface area contributed by atoms with Crippen LogP contribution in [-0.4, -0.2) is 15.0 Å². The average molecular weight is 263 g/mol. The van der Waals surface area contributed by atoms with E-state index in [9.17, 15) is 4.79 Å². The molecule has 94 valence electrons. The molecule has 0 saturated heterocycles. The Morgan fingerprint density at radius 2 is 2.22 bits per heavy atom. The summed E-state index contributed by atoms with van der Waals surface area (Å²) < 4.78 is 0. The number of rotatable bonds is 3. The minimum absolute atomic E-state index is 0.192. The molecule has 0 fully saturated rings. The molecule has 7 heteroatoms. The lowest BCUT2D eigenvalue weighted by Crippen LogP contribution is -2.09. The summed E-state index contributed by atoms with van der Waals surface area (Å²) >= 11 is 1.26. The van der Waals surface area contributed by atoms with E-state index in [2.05, 4.69) is 15.0 Å². The van der Waals surface area contributed by atoms with E-state index in [4.69, 9.17) is 11.5 Å². The molecule has 0 bridgehead atoms. The Labute approximate surface area is 108 Å². The smallest absolute Gasteiger partial charge is 0.253 e. The third-order valence-corrected chi connectivity index (χ3v) is 3.26. The maximum atomic E-state index is 11.3. The van der Waals surface area contributed by atoms with Gasteiger partial charge in [-0.3, -0.25) is 4.79 Å². The summed E-state index contributed by atoms with van der Waals surface area (Å²) in [7, 11) is 0. The van der Waals surface area contributed by atoms with Gasteiger partial charge in [0.15, 0.2) is 5.16 Å². The predicted molar refractivity (Wildman–Crippen MR) is 70.3 cm³/mol. The number of hydrogen-bond donors (Lipinski definition) is 3. The molecule has 0 amide bonds. The number of pyridine rings is 1. The number of nitrogens with one attached hydrogen (secondary N) is 1. The second-order valence-electron chi connectivity index (χ2n) is 3.75. The van der Waals surface area contributed by atoms with Crippen molar-refractivity contribution in [1.82, 2.24) is 15.0 Å². The van der Waals surface area contributed by atoms with Crippen LogP contribution >= 0.6 is 11.8 Å². The number of H-pyrrole nitrogens is 1. The van der Waals surface area contributed by atoms with Crippen LogP contribution in [0.4, 0.5) is 5.82 Å². The van der Waals surface area contributed by atoms with Crippen molar-refractivity contribution in [3.8, 4) is 0 Å². The lowest BCUT2D eigenvalue weighted by molar-refractivity contribution is 0.932. The Kier molecular flexibility index (Phi) is 3.63. The van der Waals surface area contributed by atoms with Crippen LogP contribution in [-0.2, 0) is 6.54 Å². The van der Waals surface area contributed by atoms with Crippen molar-refractivity contribution in [3.05, 3.63) is 39.8 Å². The summed E-state index contributed by atoms with van der Waals surface area (Å²) in [4.78, 5) is 22.2. The molecule has 0 aliphatic rings. The van der Waals surface area contributed by atoms with Crippen LogP contribution in [0.2, 0.25) is 0 Å². The van der Waals surface area contributed by atoms with E-state index in [1.54, 1.807) is 6.20 Å². The van der Waals surface area contributed by atoms with E-state index in [1.807, 2.05) is 13.0 Å². The molecule has 0 aromatic carbocycles. The normalized spacial score (nSPS) is 10.6. The monoisotopic (exact) mass is 263 g/mol. The van der Waals surface area contributed by atoms with Gasteiger partial charge < -0.3 is 16.5 Å².